The van der Waals surface area contributed by atoms with E-state index >= 15 is 0 Å². The van der Waals surface area contributed by atoms with Crippen molar-refractivity contribution in [3.8, 4) is 0 Å². The number of nitrogens with one attached hydrogen (secondary N) is 1. The van der Waals surface area contributed by atoms with Gasteiger partial charge in [0.2, 0.25) is 0 Å². The van der Waals surface area contributed by atoms with Crippen molar-refractivity contribution in [2.75, 3.05) is 6.61 Å². The third-order valence-electron chi connectivity index (χ3n) is 3.89. The van der Waals surface area contributed by atoms with Crippen LogP contribution in [0.5, 0.6) is 0 Å². The molecule has 1 amide bonds. The molecule has 0 aromatic rings. The Bertz CT molecular complexity index is 308. The molecule has 0 unspecified atom stereocenters. The van der Waals surface area contributed by atoms with Crippen LogP contribution in [-0.4, -0.2) is 37.0 Å². The molecular weight excluding hydrogens is 246 g/mol. The summed E-state index contributed by atoms with van der Waals surface area (Å²) >= 11 is 0. The maximum atomic E-state index is 10.6. The van der Waals surface area contributed by atoms with Gasteiger partial charge in [-0.3, -0.25) is 0 Å². The van der Waals surface area contributed by atoms with Gasteiger partial charge in [-0.2, -0.15) is 0 Å². The second-order valence-corrected chi connectivity index (χ2v) is 11.7. The van der Waals surface area contributed by atoms with E-state index < -0.39 is 20.2 Å². The summed E-state index contributed by atoms with van der Waals surface area (Å²) in [5.41, 5.74) is 2.24. The van der Waals surface area contributed by atoms with Crippen LogP contribution in [0, 0.1) is 5.92 Å². The molecule has 0 heterocycles. The number of amides is 1. The molecule has 0 fully saturated rings. The van der Waals surface area contributed by atoms with Gasteiger partial charge < -0.3 is 15.5 Å². The van der Waals surface area contributed by atoms with Gasteiger partial charge in [-0.25, -0.2) is 4.79 Å². The van der Waals surface area contributed by atoms with Crippen molar-refractivity contribution in [3.63, 3.8) is 0 Å². The minimum atomic E-state index is -1.50. The summed E-state index contributed by atoms with van der Waals surface area (Å²) in [6.45, 7) is 13.0. The molecule has 0 spiro atoms. The van der Waals surface area contributed by atoms with Crippen LogP contribution in [0.1, 0.15) is 27.7 Å². The molecule has 0 aromatic carbocycles. The molecule has 4 nitrogen and oxygen atoms in total. The van der Waals surface area contributed by atoms with E-state index in [-0.39, 0.29) is 17.6 Å². The fraction of sp³-hybridized carbons (Fsp3) is 0.769. The highest BCUT2D eigenvalue weighted by molar-refractivity contribution is 6.84. The van der Waals surface area contributed by atoms with Gasteiger partial charge in [0, 0.05) is 0 Å². The van der Waals surface area contributed by atoms with Crippen molar-refractivity contribution in [2.45, 2.75) is 51.9 Å². The lowest BCUT2D eigenvalue weighted by Gasteiger charge is -2.34. The van der Waals surface area contributed by atoms with Gasteiger partial charge in [0.1, 0.15) is 0 Å². The van der Waals surface area contributed by atoms with Crippen LogP contribution in [-0.2, 0) is 0 Å². The highest BCUT2D eigenvalue weighted by Gasteiger charge is 2.32. The molecule has 0 bridgehead atoms. The first kappa shape index (κ1) is 17.2. The van der Waals surface area contributed by atoms with E-state index in [0.717, 1.165) is 0 Å². The van der Waals surface area contributed by atoms with E-state index in [2.05, 4.69) is 44.9 Å². The van der Waals surface area contributed by atoms with Crippen molar-refractivity contribution >= 4 is 14.2 Å². The topological polar surface area (TPSA) is 69.6 Å². The number of hydrogen-bond acceptors (Lipinski definition) is 2. The zero-order chi connectivity index (χ0) is 14.6. The Kier molecular flexibility index (Phi) is 6.09. The Morgan fingerprint density at radius 3 is 2.22 bits per heavy atom. The first-order valence-electron chi connectivity index (χ1n) is 6.31. The first-order chi connectivity index (χ1) is 8.01. The van der Waals surface area contributed by atoms with Gasteiger partial charge in [0.05, 0.1) is 20.7 Å². The lowest BCUT2D eigenvalue weighted by molar-refractivity contribution is 0.169. The van der Waals surface area contributed by atoms with Gasteiger partial charge in [0.15, 0.2) is 0 Å². The predicted molar refractivity (Wildman–Crippen MR) is 77.5 cm³/mol. The average molecular weight is 273 g/mol. The van der Waals surface area contributed by atoms with Gasteiger partial charge in [-0.15, -0.1) is 0 Å². The van der Waals surface area contributed by atoms with E-state index in [4.69, 9.17) is 5.11 Å². The molecule has 0 saturated heterocycles. The van der Waals surface area contributed by atoms with Crippen molar-refractivity contribution < 1.29 is 15.0 Å². The molecule has 3 N–H and O–H groups in total. The maximum absolute atomic E-state index is 10.6. The van der Waals surface area contributed by atoms with Gasteiger partial charge in [-0.05, 0) is 11.0 Å². The van der Waals surface area contributed by atoms with Crippen LogP contribution < -0.4 is 5.32 Å². The Hall–Kier alpha value is -0.813. The van der Waals surface area contributed by atoms with Gasteiger partial charge >= 0.3 is 6.09 Å². The van der Waals surface area contributed by atoms with E-state index in [1.54, 1.807) is 0 Å². The minimum absolute atomic E-state index is 0.0137. The molecule has 2 atom stereocenters. The third-order valence-corrected chi connectivity index (χ3v) is 8.78. The van der Waals surface area contributed by atoms with Crippen LogP contribution in [0.4, 0.5) is 4.79 Å². The number of rotatable bonds is 5. The molecular formula is C13H27NO3Si. The second kappa shape index (κ2) is 6.38. The third kappa shape index (κ3) is 5.22. The summed E-state index contributed by atoms with van der Waals surface area (Å²) < 4.78 is 0. The van der Waals surface area contributed by atoms with Crippen LogP contribution in [0.15, 0.2) is 11.8 Å². The smallest absolute Gasteiger partial charge is 0.404 e. The van der Waals surface area contributed by atoms with Gasteiger partial charge in [-0.1, -0.05) is 52.6 Å². The number of hydrogen-bond donors (Lipinski definition) is 3. The van der Waals surface area contributed by atoms with Crippen LogP contribution in [0.2, 0.25) is 18.1 Å². The molecule has 106 valence electrons. The number of carbonyl (C=O) groups is 1. The summed E-state index contributed by atoms with van der Waals surface area (Å²) in [6.07, 6.45) is 0.940. The highest BCUT2D eigenvalue weighted by atomic mass is 28.3. The summed E-state index contributed by atoms with van der Waals surface area (Å²) in [7, 11) is -1.50. The molecule has 18 heavy (non-hydrogen) atoms. The molecule has 0 aliphatic carbocycles. The molecule has 0 rings (SSSR count). The van der Waals surface area contributed by atoms with Crippen LogP contribution in [0.25, 0.3) is 0 Å². The highest BCUT2D eigenvalue weighted by Crippen LogP contribution is 2.36. The van der Waals surface area contributed by atoms with Crippen LogP contribution >= 0.6 is 0 Å². The largest absolute Gasteiger partial charge is 0.465 e. The molecule has 0 aliphatic heterocycles. The quantitative estimate of drug-likeness (QED) is 0.675. The predicted octanol–water partition coefficient (Wildman–Crippen LogP) is 2.85. The first-order valence-corrected chi connectivity index (χ1v) is 9.38. The van der Waals surface area contributed by atoms with E-state index in [1.165, 1.54) is 0 Å². The number of aliphatic hydroxyl groups excluding tert-OH is 1. The standard InChI is InChI=1S/C13H27NO3Si/c1-10(11(9-15)14-12(16)17)7-8-18(5,6)13(2,3)4/h7-8,10-11,14-15H,9H2,1-6H3,(H,16,17)/b8-7+/t10-,11+/m0/s1. The van der Waals surface area contributed by atoms with Crippen molar-refractivity contribution in [3.05, 3.63) is 11.8 Å². The van der Waals surface area contributed by atoms with Gasteiger partial charge in [0.25, 0.3) is 0 Å². The van der Waals surface area contributed by atoms with Crippen molar-refractivity contribution in [1.82, 2.24) is 5.32 Å². The summed E-state index contributed by atoms with van der Waals surface area (Å²) in [4.78, 5) is 10.6. The lowest BCUT2D eigenvalue weighted by atomic mass is 10.0. The Morgan fingerprint density at radius 1 is 1.39 bits per heavy atom. The number of carboxylic acid groups (broad SMARTS) is 1. The Balaban J connectivity index is 4.72. The summed E-state index contributed by atoms with van der Waals surface area (Å²) in [5.74, 6) is -0.0137. The normalized spacial score (nSPS) is 16.6. The zero-order valence-electron chi connectivity index (χ0n) is 12.3. The van der Waals surface area contributed by atoms with Crippen molar-refractivity contribution in [1.29, 1.82) is 0 Å². The number of aliphatic hydroxyl groups is 1. The fourth-order valence-corrected chi connectivity index (χ4v) is 2.56. The monoisotopic (exact) mass is 273 g/mol. The molecule has 5 heteroatoms. The fourth-order valence-electron chi connectivity index (χ4n) is 1.28. The zero-order valence-corrected chi connectivity index (χ0v) is 13.3. The Morgan fingerprint density at radius 2 is 1.89 bits per heavy atom. The minimum Gasteiger partial charge on any atom is -0.465 e. The Labute approximate surface area is 111 Å². The maximum Gasteiger partial charge on any atom is 0.404 e. The van der Waals surface area contributed by atoms with E-state index in [9.17, 15) is 9.90 Å². The SMILES string of the molecule is C[C@@H](/C=C/[Si](C)(C)C(C)(C)C)[C@@H](CO)NC(=O)O. The molecule has 0 aliphatic rings. The molecule has 0 saturated carbocycles. The average Bonchev–Trinajstić information content (AvgIpc) is 2.20. The molecule has 0 aromatic heterocycles. The lowest BCUT2D eigenvalue weighted by Crippen LogP contribution is -2.41. The van der Waals surface area contributed by atoms with Crippen molar-refractivity contribution in [2.24, 2.45) is 5.92 Å². The summed E-state index contributed by atoms with van der Waals surface area (Å²) in [6, 6.07) is -0.441. The molecule has 0 radical (unpaired) electrons. The van der Waals surface area contributed by atoms with Crippen LogP contribution in [0.3, 0.4) is 0 Å². The van der Waals surface area contributed by atoms with E-state index in [1.807, 2.05) is 13.0 Å². The second-order valence-electron chi connectivity index (χ2n) is 6.43. The van der Waals surface area contributed by atoms with E-state index in [0.29, 0.717) is 0 Å². The summed E-state index contributed by atoms with van der Waals surface area (Å²) in [5, 5.41) is 20.5.